The maximum Gasteiger partial charge on any atom is 0.177 e. The molecule has 0 aromatic heterocycles. The molecule has 0 aromatic rings. The van der Waals surface area contributed by atoms with Gasteiger partial charge in [-0.3, -0.25) is 9.79 Å². The number of allylic oxidation sites excluding steroid dienone is 2. The third-order valence-electron chi connectivity index (χ3n) is 1.01. The number of hydrogen-bond acceptors (Lipinski definition) is 2. The molecular formula is C6H7NO. The molecule has 0 radical (unpaired) electrons. The van der Waals surface area contributed by atoms with Crippen LogP contribution in [0.1, 0.15) is 13.3 Å². The number of ketones is 1. The van der Waals surface area contributed by atoms with E-state index in [4.69, 9.17) is 0 Å². The Labute approximate surface area is 47.9 Å². The summed E-state index contributed by atoms with van der Waals surface area (Å²) in [5.74, 6) is 0.0544. The Morgan fingerprint density at radius 3 is 2.88 bits per heavy atom. The van der Waals surface area contributed by atoms with Gasteiger partial charge in [0.15, 0.2) is 5.78 Å². The Morgan fingerprint density at radius 1 is 1.88 bits per heavy atom. The molecule has 0 saturated heterocycles. The van der Waals surface area contributed by atoms with Gasteiger partial charge in [-0.15, -0.1) is 0 Å². The zero-order valence-corrected chi connectivity index (χ0v) is 4.72. The first-order valence-electron chi connectivity index (χ1n) is 2.54. The summed E-state index contributed by atoms with van der Waals surface area (Å²) in [5, 5.41) is 0. The number of aliphatic imine (C=N–C) groups is 1. The van der Waals surface area contributed by atoms with E-state index in [1.165, 1.54) is 6.92 Å². The van der Waals surface area contributed by atoms with Gasteiger partial charge in [-0.1, -0.05) is 0 Å². The van der Waals surface area contributed by atoms with Crippen molar-refractivity contribution in [3.05, 3.63) is 11.8 Å². The van der Waals surface area contributed by atoms with E-state index in [1.54, 1.807) is 6.21 Å². The molecule has 42 valence electrons. The van der Waals surface area contributed by atoms with Crippen molar-refractivity contribution in [2.24, 2.45) is 4.99 Å². The van der Waals surface area contributed by atoms with E-state index in [9.17, 15) is 4.79 Å². The molecule has 0 aliphatic carbocycles. The van der Waals surface area contributed by atoms with Crippen LogP contribution in [0.5, 0.6) is 0 Å². The Morgan fingerprint density at radius 2 is 2.62 bits per heavy atom. The summed E-state index contributed by atoms with van der Waals surface area (Å²) >= 11 is 0. The maximum atomic E-state index is 10.5. The zero-order valence-electron chi connectivity index (χ0n) is 4.72. The van der Waals surface area contributed by atoms with Crippen LogP contribution in [0.15, 0.2) is 16.8 Å². The molecule has 8 heavy (non-hydrogen) atoms. The first kappa shape index (κ1) is 5.22. The van der Waals surface area contributed by atoms with Crippen molar-refractivity contribution < 1.29 is 4.79 Å². The summed E-state index contributed by atoms with van der Waals surface area (Å²) < 4.78 is 0. The van der Waals surface area contributed by atoms with Crippen molar-refractivity contribution >= 4 is 12.0 Å². The van der Waals surface area contributed by atoms with Crippen molar-refractivity contribution in [2.45, 2.75) is 13.3 Å². The molecule has 0 atom stereocenters. The summed E-state index contributed by atoms with van der Waals surface area (Å²) in [6.07, 6.45) is 4.37. The van der Waals surface area contributed by atoms with Gasteiger partial charge in [-0.2, -0.15) is 0 Å². The van der Waals surface area contributed by atoms with Gasteiger partial charge >= 0.3 is 0 Å². The molecule has 1 heterocycles. The van der Waals surface area contributed by atoms with Gasteiger partial charge in [0.1, 0.15) is 5.70 Å². The maximum absolute atomic E-state index is 10.5. The molecule has 0 saturated carbocycles. The van der Waals surface area contributed by atoms with Gasteiger partial charge in [0.05, 0.1) is 0 Å². The Hall–Kier alpha value is -0.920. The fraction of sp³-hybridized carbons (Fsp3) is 0.333. The summed E-state index contributed by atoms with van der Waals surface area (Å²) in [6.45, 7) is 1.52. The van der Waals surface area contributed by atoms with Gasteiger partial charge in [0.2, 0.25) is 0 Å². The van der Waals surface area contributed by atoms with Crippen LogP contribution in [0, 0.1) is 0 Å². The van der Waals surface area contributed by atoms with Gasteiger partial charge in [-0.25, -0.2) is 0 Å². The molecule has 2 nitrogen and oxygen atoms in total. The average molecular weight is 109 g/mol. The van der Waals surface area contributed by atoms with Crippen LogP contribution in [0.4, 0.5) is 0 Å². The lowest BCUT2D eigenvalue weighted by atomic mass is 10.3. The summed E-state index contributed by atoms with van der Waals surface area (Å²) in [5.41, 5.74) is 0.602. The first-order chi connectivity index (χ1) is 3.80. The van der Waals surface area contributed by atoms with Crippen molar-refractivity contribution in [3.8, 4) is 0 Å². The number of Topliss-reactive ketones (excluding diaryl/α,β-unsaturated/α-hetero) is 1. The van der Waals surface area contributed by atoms with Crippen LogP contribution in [0.3, 0.4) is 0 Å². The average Bonchev–Trinajstić information content (AvgIpc) is 2.12. The number of carbonyl (C=O) groups excluding carboxylic acids is 1. The highest BCUT2D eigenvalue weighted by atomic mass is 16.1. The lowest BCUT2D eigenvalue weighted by molar-refractivity contribution is -0.113. The van der Waals surface area contributed by atoms with Crippen LogP contribution in [0.2, 0.25) is 0 Å². The second-order valence-corrected chi connectivity index (χ2v) is 1.69. The molecule has 0 unspecified atom stereocenters. The third kappa shape index (κ3) is 0.832. The van der Waals surface area contributed by atoms with E-state index in [2.05, 4.69) is 4.99 Å². The van der Waals surface area contributed by atoms with Crippen LogP contribution in [-0.4, -0.2) is 12.0 Å². The lowest BCUT2D eigenvalue weighted by Crippen LogP contribution is -1.88. The van der Waals surface area contributed by atoms with Crippen molar-refractivity contribution in [2.75, 3.05) is 0 Å². The molecule has 0 bridgehead atoms. The Bertz CT molecular complexity index is 167. The van der Waals surface area contributed by atoms with Gasteiger partial charge in [0.25, 0.3) is 0 Å². The molecule has 1 rings (SSSR count). The molecule has 2 heteroatoms. The number of hydrogen-bond donors (Lipinski definition) is 0. The molecular weight excluding hydrogens is 102 g/mol. The van der Waals surface area contributed by atoms with Crippen LogP contribution < -0.4 is 0 Å². The molecule has 0 spiro atoms. The van der Waals surface area contributed by atoms with E-state index < -0.39 is 0 Å². The minimum atomic E-state index is 0.0544. The van der Waals surface area contributed by atoms with Crippen LogP contribution in [0.25, 0.3) is 0 Å². The number of rotatable bonds is 1. The first-order valence-corrected chi connectivity index (χ1v) is 2.54. The lowest BCUT2D eigenvalue weighted by Gasteiger charge is -1.83. The molecule has 0 aromatic carbocycles. The molecule has 0 fully saturated rings. The van der Waals surface area contributed by atoms with E-state index in [0.29, 0.717) is 5.70 Å². The van der Waals surface area contributed by atoms with E-state index in [0.717, 1.165) is 6.42 Å². The van der Waals surface area contributed by atoms with Gasteiger partial charge < -0.3 is 0 Å². The minimum absolute atomic E-state index is 0.0544. The van der Waals surface area contributed by atoms with Crippen LogP contribution in [-0.2, 0) is 4.79 Å². The molecule has 0 N–H and O–H groups in total. The van der Waals surface area contributed by atoms with E-state index in [1.807, 2.05) is 6.08 Å². The summed E-state index contributed by atoms with van der Waals surface area (Å²) in [7, 11) is 0. The predicted octanol–water partition coefficient (Wildman–Crippen LogP) is 0.934. The largest absolute Gasteiger partial charge is 0.293 e. The highest BCUT2D eigenvalue weighted by Crippen LogP contribution is 2.04. The summed E-state index contributed by atoms with van der Waals surface area (Å²) in [6, 6.07) is 0. The predicted molar refractivity (Wildman–Crippen MR) is 31.9 cm³/mol. The highest BCUT2D eigenvalue weighted by molar-refractivity contribution is 5.96. The van der Waals surface area contributed by atoms with E-state index in [-0.39, 0.29) is 5.78 Å². The summed E-state index contributed by atoms with van der Waals surface area (Å²) in [4.78, 5) is 14.3. The number of nitrogens with zero attached hydrogens (tertiary/aromatic N) is 1. The van der Waals surface area contributed by atoms with Crippen LogP contribution >= 0.6 is 0 Å². The standard InChI is InChI=1S/C6H7NO/c1-5(8)6-3-2-4-7-6/h3-4H,2H2,1H3. The van der Waals surface area contributed by atoms with Gasteiger partial charge in [-0.05, 0) is 6.08 Å². The van der Waals surface area contributed by atoms with Crippen molar-refractivity contribution in [3.63, 3.8) is 0 Å². The Balaban J connectivity index is 2.72. The highest BCUT2D eigenvalue weighted by Gasteiger charge is 2.02. The third-order valence-corrected chi connectivity index (χ3v) is 1.01. The molecule has 1 aliphatic heterocycles. The zero-order chi connectivity index (χ0) is 5.98. The molecule has 1 aliphatic rings. The topological polar surface area (TPSA) is 29.4 Å². The number of carbonyl (C=O) groups is 1. The Kier molecular flexibility index (Phi) is 1.24. The smallest absolute Gasteiger partial charge is 0.177 e. The SMILES string of the molecule is CC(=O)C1=CCC=N1. The van der Waals surface area contributed by atoms with Gasteiger partial charge in [0, 0.05) is 19.6 Å². The molecule has 0 amide bonds. The van der Waals surface area contributed by atoms with Crippen molar-refractivity contribution in [1.82, 2.24) is 0 Å². The second-order valence-electron chi connectivity index (χ2n) is 1.69. The monoisotopic (exact) mass is 109 g/mol. The van der Waals surface area contributed by atoms with Crippen molar-refractivity contribution in [1.29, 1.82) is 0 Å². The fourth-order valence-electron chi connectivity index (χ4n) is 0.603. The second kappa shape index (κ2) is 1.90. The normalized spacial score (nSPS) is 16.4. The van der Waals surface area contributed by atoms with E-state index >= 15 is 0 Å². The fourth-order valence-corrected chi connectivity index (χ4v) is 0.603. The minimum Gasteiger partial charge on any atom is -0.293 e. The quantitative estimate of drug-likeness (QED) is 0.492.